The molecule has 2 N–H and O–H groups in total. The highest BCUT2D eigenvalue weighted by atomic mass is 16.5. The second-order valence-electron chi connectivity index (χ2n) is 4.85. The van der Waals surface area contributed by atoms with Crippen LogP contribution in [0.2, 0.25) is 0 Å². The zero-order valence-corrected chi connectivity index (χ0v) is 11.4. The molecule has 106 valence electrons. The Balaban J connectivity index is 1.80. The minimum Gasteiger partial charge on any atom is -0.507 e. The van der Waals surface area contributed by atoms with Crippen LogP contribution in [0.25, 0.3) is 11.3 Å². The number of para-hydroxylation sites is 1. The molecule has 0 unspecified atom stereocenters. The summed E-state index contributed by atoms with van der Waals surface area (Å²) in [6.45, 7) is 0.0417. The first-order valence-electron chi connectivity index (χ1n) is 6.69. The van der Waals surface area contributed by atoms with E-state index >= 15 is 0 Å². The fourth-order valence-electron chi connectivity index (χ4n) is 2.18. The van der Waals surface area contributed by atoms with Gasteiger partial charge in [-0.05, 0) is 23.3 Å². The van der Waals surface area contributed by atoms with Crippen molar-refractivity contribution in [3.05, 3.63) is 71.5 Å². The highest BCUT2D eigenvalue weighted by Gasteiger charge is 2.10. The predicted octanol–water partition coefficient (Wildman–Crippen LogP) is 3.13. The quantitative estimate of drug-likeness (QED) is 0.771. The number of aliphatic hydroxyl groups is 1. The van der Waals surface area contributed by atoms with E-state index in [1.807, 2.05) is 36.4 Å². The van der Waals surface area contributed by atoms with E-state index in [0.29, 0.717) is 17.7 Å². The number of aromatic nitrogens is 1. The van der Waals surface area contributed by atoms with E-state index in [1.165, 1.54) is 0 Å². The van der Waals surface area contributed by atoms with Crippen LogP contribution in [0.5, 0.6) is 5.75 Å². The van der Waals surface area contributed by atoms with Gasteiger partial charge in [0.2, 0.25) is 0 Å². The van der Waals surface area contributed by atoms with Crippen LogP contribution in [0.4, 0.5) is 0 Å². The van der Waals surface area contributed by atoms with Crippen molar-refractivity contribution in [2.75, 3.05) is 0 Å². The van der Waals surface area contributed by atoms with E-state index in [0.717, 1.165) is 16.9 Å². The SMILES string of the molecule is OCc1ccc(Cc2cc(-c3ccccc3O)no2)cc1. The van der Waals surface area contributed by atoms with E-state index in [2.05, 4.69) is 5.16 Å². The zero-order valence-electron chi connectivity index (χ0n) is 11.4. The summed E-state index contributed by atoms with van der Waals surface area (Å²) in [6, 6.07) is 16.5. The van der Waals surface area contributed by atoms with Crippen LogP contribution in [-0.2, 0) is 13.0 Å². The number of rotatable bonds is 4. The number of aliphatic hydroxyl groups excluding tert-OH is 1. The Hall–Kier alpha value is -2.59. The van der Waals surface area contributed by atoms with Crippen molar-refractivity contribution in [2.24, 2.45) is 0 Å². The van der Waals surface area contributed by atoms with E-state index in [9.17, 15) is 5.11 Å². The van der Waals surface area contributed by atoms with Crippen molar-refractivity contribution in [1.82, 2.24) is 5.16 Å². The van der Waals surface area contributed by atoms with Gasteiger partial charge in [-0.25, -0.2) is 0 Å². The second-order valence-corrected chi connectivity index (χ2v) is 4.85. The lowest BCUT2D eigenvalue weighted by atomic mass is 10.1. The Labute approximate surface area is 122 Å². The summed E-state index contributed by atoms with van der Waals surface area (Å²) in [5.74, 6) is 0.912. The molecule has 0 radical (unpaired) electrons. The third-order valence-corrected chi connectivity index (χ3v) is 3.32. The van der Waals surface area contributed by atoms with Gasteiger partial charge in [-0.1, -0.05) is 41.6 Å². The number of phenolic OH excluding ortho intramolecular Hbond substituents is 1. The van der Waals surface area contributed by atoms with Gasteiger partial charge < -0.3 is 14.7 Å². The largest absolute Gasteiger partial charge is 0.507 e. The molecule has 0 fully saturated rings. The molecule has 3 aromatic rings. The molecule has 0 bridgehead atoms. The van der Waals surface area contributed by atoms with Crippen molar-refractivity contribution in [1.29, 1.82) is 0 Å². The Bertz CT molecular complexity index is 732. The number of hydrogen-bond acceptors (Lipinski definition) is 4. The van der Waals surface area contributed by atoms with Crippen LogP contribution >= 0.6 is 0 Å². The maximum Gasteiger partial charge on any atom is 0.141 e. The van der Waals surface area contributed by atoms with Crippen molar-refractivity contribution < 1.29 is 14.7 Å². The van der Waals surface area contributed by atoms with Crippen molar-refractivity contribution in [2.45, 2.75) is 13.0 Å². The summed E-state index contributed by atoms with van der Waals surface area (Å²) in [5.41, 5.74) is 3.23. The average Bonchev–Trinajstić information content (AvgIpc) is 2.97. The molecule has 0 saturated carbocycles. The van der Waals surface area contributed by atoms with E-state index in [-0.39, 0.29) is 12.4 Å². The third-order valence-electron chi connectivity index (χ3n) is 3.32. The van der Waals surface area contributed by atoms with Crippen LogP contribution in [0.3, 0.4) is 0 Å². The first-order chi connectivity index (χ1) is 10.3. The monoisotopic (exact) mass is 281 g/mol. The van der Waals surface area contributed by atoms with Gasteiger partial charge in [-0.15, -0.1) is 0 Å². The maximum absolute atomic E-state index is 9.82. The summed E-state index contributed by atoms with van der Waals surface area (Å²) in [5, 5.41) is 22.8. The Morgan fingerprint density at radius 3 is 2.38 bits per heavy atom. The third kappa shape index (κ3) is 2.95. The van der Waals surface area contributed by atoms with Gasteiger partial charge >= 0.3 is 0 Å². The number of phenols is 1. The molecule has 1 aromatic heterocycles. The maximum atomic E-state index is 9.82. The van der Waals surface area contributed by atoms with E-state index in [1.54, 1.807) is 18.2 Å². The van der Waals surface area contributed by atoms with Crippen LogP contribution in [0, 0.1) is 0 Å². The van der Waals surface area contributed by atoms with Gasteiger partial charge in [0.25, 0.3) is 0 Å². The zero-order chi connectivity index (χ0) is 14.7. The molecule has 3 rings (SSSR count). The molecule has 0 aliphatic carbocycles. The number of benzene rings is 2. The van der Waals surface area contributed by atoms with Crippen molar-refractivity contribution in [3.8, 4) is 17.0 Å². The topological polar surface area (TPSA) is 66.5 Å². The highest BCUT2D eigenvalue weighted by molar-refractivity contribution is 5.66. The van der Waals surface area contributed by atoms with E-state index in [4.69, 9.17) is 9.63 Å². The van der Waals surface area contributed by atoms with Crippen LogP contribution in [0.1, 0.15) is 16.9 Å². The van der Waals surface area contributed by atoms with Crippen LogP contribution in [0.15, 0.2) is 59.1 Å². The van der Waals surface area contributed by atoms with Crippen molar-refractivity contribution in [3.63, 3.8) is 0 Å². The van der Waals surface area contributed by atoms with Gasteiger partial charge in [0.05, 0.1) is 6.61 Å². The molecule has 21 heavy (non-hydrogen) atoms. The Morgan fingerprint density at radius 1 is 0.952 bits per heavy atom. The standard InChI is InChI=1S/C17H15NO3/c19-11-13-7-5-12(6-8-13)9-14-10-16(18-21-14)15-3-1-2-4-17(15)20/h1-8,10,19-20H,9,11H2. The molecule has 0 saturated heterocycles. The number of nitrogens with zero attached hydrogens (tertiary/aromatic N) is 1. The lowest BCUT2D eigenvalue weighted by molar-refractivity contribution is 0.282. The fraction of sp³-hybridized carbons (Fsp3) is 0.118. The Kier molecular flexibility index (Phi) is 3.71. The molecule has 0 spiro atoms. The summed E-state index contributed by atoms with van der Waals surface area (Å²) in [6.07, 6.45) is 0.617. The molecule has 0 atom stereocenters. The van der Waals surface area contributed by atoms with Gasteiger partial charge in [0, 0.05) is 18.1 Å². The summed E-state index contributed by atoms with van der Waals surface area (Å²) >= 11 is 0. The molecule has 2 aromatic carbocycles. The Morgan fingerprint density at radius 2 is 1.67 bits per heavy atom. The summed E-state index contributed by atoms with van der Waals surface area (Å²) in [4.78, 5) is 0. The van der Waals surface area contributed by atoms with Crippen molar-refractivity contribution >= 4 is 0 Å². The highest BCUT2D eigenvalue weighted by Crippen LogP contribution is 2.28. The van der Waals surface area contributed by atoms with Gasteiger partial charge in [0.15, 0.2) is 0 Å². The molecule has 0 aliphatic rings. The molecule has 0 aliphatic heterocycles. The predicted molar refractivity (Wildman–Crippen MR) is 78.8 cm³/mol. The molecule has 4 heteroatoms. The fourth-order valence-corrected chi connectivity index (χ4v) is 2.18. The van der Waals surface area contributed by atoms with E-state index < -0.39 is 0 Å². The van der Waals surface area contributed by atoms with Gasteiger partial charge in [-0.2, -0.15) is 0 Å². The lowest BCUT2D eigenvalue weighted by Crippen LogP contribution is -1.87. The first kappa shape index (κ1) is 13.4. The second kappa shape index (κ2) is 5.81. The number of aromatic hydroxyl groups is 1. The molecule has 1 heterocycles. The molecular weight excluding hydrogens is 266 g/mol. The summed E-state index contributed by atoms with van der Waals surface area (Å²) < 4.78 is 5.32. The van der Waals surface area contributed by atoms with Gasteiger partial charge in [0.1, 0.15) is 17.2 Å². The minimum atomic E-state index is 0.0417. The minimum absolute atomic E-state index is 0.0417. The molecule has 4 nitrogen and oxygen atoms in total. The van der Waals surface area contributed by atoms with Gasteiger partial charge in [-0.3, -0.25) is 0 Å². The van der Waals surface area contributed by atoms with Crippen LogP contribution < -0.4 is 0 Å². The van der Waals surface area contributed by atoms with Crippen LogP contribution in [-0.4, -0.2) is 15.4 Å². The molecular formula is C17H15NO3. The molecule has 0 amide bonds. The lowest BCUT2D eigenvalue weighted by Gasteiger charge is -1.99. The normalized spacial score (nSPS) is 10.7. The first-order valence-corrected chi connectivity index (χ1v) is 6.69. The average molecular weight is 281 g/mol. The smallest absolute Gasteiger partial charge is 0.141 e. The summed E-state index contributed by atoms with van der Waals surface area (Å²) in [7, 11) is 0. The number of hydrogen-bond donors (Lipinski definition) is 2.